The number of fused-ring (bicyclic) bond motifs is 1. The van der Waals surface area contributed by atoms with Gasteiger partial charge in [0.05, 0.1) is 12.0 Å². The Hall–Kier alpha value is -3.49. The summed E-state index contributed by atoms with van der Waals surface area (Å²) in [6, 6.07) is 17.2. The van der Waals surface area contributed by atoms with E-state index in [1.165, 1.54) is 5.56 Å². The second-order valence-electron chi connectivity index (χ2n) is 12.7. The van der Waals surface area contributed by atoms with Crippen molar-refractivity contribution in [2.45, 2.75) is 70.4 Å². The van der Waals surface area contributed by atoms with Crippen LogP contribution >= 0.6 is 0 Å². The van der Waals surface area contributed by atoms with Crippen molar-refractivity contribution < 1.29 is 19.1 Å². The largest absolute Gasteiger partial charge is 0.381 e. The lowest BCUT2D eigenvalue weighted by Gasteiger charge is -2.40. The number of carbonyl (C=O) groups excluding carboxylic acids is 3. The molecule has 3 aliphatic rings. The molecule has 0 saturated carbocycles. The van der Waals surface area contributed by atoms with Gasteiger partial charge in [-0.1, -0.05) is 68.5 Å². The molecule has 2 fully saturated rings. The number of anilines is 1. The highest BCUT2D eigenvalue weighted by molar-refractivity contribution is 5.92. The molecular formula is C35H46N4O4. The second kappa shape index (κ2) is 14.3. The maximum absolute atomic E-state index is 13.8. The molecule has 3 heterocycles. The number of allylic oxidation sites excluding steroid dienone is 2. The molecule has 3 amide bonds. The molecule has 0 aliphatic carbocycles. The molecule has 1 spiro atoms. The molecular weight excluding hydrogens is 540 g/mol. The van der Waals surface area contributed by atoms with Crippen LogP contribution in [-0.2, 0) is 25.5 Å². The van der Waals surface area contributed by atoms with Gasteiger partial charge in [-0.05, 0) is 67.2 Å². The monoisotopic (exact) mass is 586 g/mol. The number of nitrogens with zero attached hydrogens (tertiary/aromatic N) is 1. The number of piperidine rings is 1. The van der Waals surface area contributed by atoms with Gasteiger partial charge in [-0.3, -0.25) is 19.3 Å². The summed E-state index contributed by atoms with van der Waals surface area (Å²) in [5.74, 6) is 0.364. The summed E-state index contributed by atoms with van der Waals surface area (Å²) >= 11 is 0. The molecule has 2 saturated heterocycles. The van der Waals surface area contributed by atoms with E-state index >= 15 is 0 Å². The normalized spacial score (nSPS) is 25.5. The molecule has 0 aromatic heterocycles. The minimum absolute atomic E-state index is 0.0319. The quantitative estimate of drug-likeness (QED) is 0.435. The fourth-order valence-electron chi connectivity index (χ4n) is 6.55. The molecule has 2 aromatic rings. The van der Waals surface area contributed by atoms with Crippen molar-refractivity contribution in [3.8, 4) is 0 Å². The molecule has 3 aliphatic heterocycles. The Kier molecular flexibility index (Phi) is 10.3. The number of hydrogen-bond donors (Lipinski definition) is 3. The Balaban J connectivity index is 1.29. The van der Waals surface area contributed by atoms with Crippen LogP contribution in [0.15, 0.2) is 66.7 Å². The summed E-state index contributed by atoms with van der Waals surface area (Å²) in [7, 11) is 0. The molecule has 0 unspecified atom stereocenters. The molecule has 3 N–H and O–H groups in total. The van der Waals surface area contributed by atoms with E-state index in [1.807, 2.05) is 42.5 Å². The molecule has 2 aromatic carbocycles. The molecule has 0 radical (unpaired) electrons. The maximum Gasteiger partial charge on any atom is 0.243 e. The Labute approximate surface area is 255 Å². The Morgan fingerprint density at radius 3 is 2.49 bits per heavy atom. The van der Waals surface area contributed by atoms with Gasteiger partial charge in [0.2, 0.25) is 17.7 Å². The second-order valence-corrected chi connectivity index (χ2v) is 12.7. The number of nitrogens with one attached hydrogen (secondary N) is 3. The molecule has 0 bridgehead atoms. The summed E-state index contributed by atoms with van der Waals surface area (Å²) in [6.45, 7) is 7.12. The van der Waals surface area contributed by atoms with E-state index in [4.69, 9.17) is 4.74 Å². The summed E-state index contributed by atoms with van der Waals surface area (Å²) in [5.41, 5.74) is 2.48. The first kappa shape index (κ1) is 31.0. The highest BCUT2D eigenvalue weighted by Gasteiger charge is 2.41. The highest BCUT2D eigenvalue weighted by atomic mass is 16.5. The van der Waals surface area contributed by atoms with E-state index in [0.29, 0.717) is 64.4 Å². The van der Waals surface area contributed by atoms with Gasteiger partial charge in [-0.25, -0.2) is 0 Å². The van der Waals surface area contributed by atoms with Crippen molar-refractivity contribution in [1.29, 1.82) is 0 Å². The average Bonchev–Trinajstić information content (AvgIpc) is 3.00. The van der Waals surface area contributed by atoms with Crippen molar-refractivity contribution in [3.05, 3.63) is 77.9 Å². The number of rotatable bonds is 6. The van der Waals surface area contributed by atoms with Crippen molar-refractivity contribution in [1.82, 2.24) is 15.5 Å². The number of benzene rings is 2. The van der Waals surface area contributed by atoms with Gasteiger partial charge in [0.1, 0.15) is 6.04 Å². The van der Waals surface area contributed by atoms with Crippen LogP contribution in [0.5, 0.6) is 0 Å². The fraction of sp³-hybridized carbons (Fsp3) is 0.514. The minimum atomic E-state index is -0.662. The summed E-state index contributed by atoms with van der Waals surface area (Å²) in [5, 5.41) is 9.50. The lowest BCUT2D eigenvalue weighted by molar-refractivity contribution is -0.140. The van der Waals surface area contributed by atoms with E-state index in [-0.39, 0.29) is 29.7 Å². The first-order valence-corrected chi connectivity index (χ1v) is 15.8. The summed E-state index contributed by atoms with van der Waals surface area (Å²) in [6.07, 6.45) is 8.16. The van der Waals surface area contributed by atoms with Crippen LogP contribution in [0.3, 0.4) is 0 Å². The summed E-state index contributed by atoms with van der Waals surface area (Å²) in [4.78, 5) is 42.7. The van der Waals surface area contributed by atoms with Gasteiger partial charge >= 0.3 is 0 Å². The zero-order valence-electron chi connectivity index (χ0n) is 25.5. The standard InChI is InChI=1S/C35H46N4O4/c1-25(2)27-11-13-29(14-12-27)36-32(40)24-39-19-15-30-28(23-39)10-6-7-16-35(17-20-43-21-18-35)34(42)38-31(33(41)37-30)22-26-8-4-3-5-9-26/h3-9,11-14,25,28,30-31H,10,15-24H2,1-2H3,(H,36,40)(H,37,41)(H,38,42)/b7-6+/t28-,30+,31-/m1/s1. The maximum atomic E-state index is 13.8. The van der Waals surface area contributed by atoms with Crippen molar-refractivity contribution in [3.63, 3.8) is 0 Å². The molecule has 5 rings (SSSR count). The van der Waals surface area contributed by atoms with E-state index in [0.717, 1.165) is 24.1 Å². The van der Waals surface area contributed by atoms with Crippen LogP contribution in [0.2, 0.25) is 0 Å². The first-order valence-electron chi connectivity index (χ1n) is 15.8. The number of likely N-dealkylation sites (tertiary alicyclic amines) is 1. The molecule has 3 atom stereocenters. The zero-order chi connectivity index (χ0) is 30.2. The predicted octanol–water partition coefficient (Wildman–Crippen LogP) is 4.43. The molecule has 8 heteroatoms. The van der Waals surface area contributed by atoms with Crippen LogP contribution in [0, 0.1) is 11.3 Å². The van der Waals surface area contributed by atoms with Crippen molar-refractivity contribution >= 4 is 23.4 Å². The third-order valence-corrected chi connectivity index (χ3v) is 9.32. The van der Waals surface area contributed by atoms with Crippen LogP contribution < -0.4 is 16.0 Å². The Morgan fingerprint density at radius 1 is 1.02 bits per heavy atom. The SMILES string of the molecule is CC(C)c1ccc(NC(=O)CN2CC[C@@H]3NC(=O)[C@@H](Cc4ccccc4)NC(=O)C4(C/C=C/C[C@@H]3C2)CCOCC4)cc1. The number of ether oxygens (including phenoxy) is 1. The minimum Gasteiger partial charge on any atom is -0.381 e. The van der Waals surface area contributed by atoms with Crippen molar-refractivity contribution in [2.24, 2.45) is 11.3 Å². The van der Waals surface area contributed by atoms with Gasteiger partial charge in [0.15, 0.2) is 0 Å². The number of carbonyl (C=O) groups is 3. The van der Waals surface area contributed by atoms with E-state index in [1.54, 1.807) is 0 Å². The van der Waals surface area contributed by atoms with Crippen LogP contribution in [0.1, 0.15) is 63.0 Å². The van der Waals surface area contributed by atoms with Crippen LogP contribution in [0.25, 0.3) is 0 Å². The molecule has 43 heavy (non-hydrogen) atoms. The smallest absolute Gasteiger partial charge is 0.243 e. The lowest BCUT2D eigenvalue weighted by atomic mass is 9.75. The number of amides is 3. The third kappa shape index (κ3) is 8.12. The van der Waals surface area contributed by atoms with E-state index in [2.05, 4.69) is 59.0 Å². The topological polar surface area (TPSA) is 99.8 Å². The highest BCUT2D eigenvalue weighted by Crippen LogP contribution is 2.36. The van der Waals surface area contributed by atoms with E-state index in [9.17, 15) is 14.4 Å². The van der Waals surface area contributed by atoms with Gasteiger partial charge in [0, 0.05) is 44.5 Å². The average molecular weight is 587 g/mol. The van der Waals surface area contributed by atoms with Crippen LogP contribution in [0.4, 0.5) is 5.69 Å². The Morgan fingerprint density at radius 2 is 1.77 bits per heavy atom. The molecule has 8 nitrogen and oxygen atoms in total. The van der Waals surface area contributed by atoms with Gasteiger partial charge in [0.25, 0.3) is 0 Å². The van der Waals surface area contributed by atoms with Crippen molar-refractivity contribution in [2.75, 3.05) is 38.2 Å². The zero-order valence-corrected chi connectivity index (χ0v) is 25.5. The first-order chi connectivity index (χ1) is 20.8. The number of hydrogen-bond acceptors (Lipinski definition) is 5. The van der Waals surface area contributed by atoms with Gasteiger partial charge in [-0.2, -0.15) is 0 Å². The molecule has 230 valence electrons. The van der Waals surface area contributed by atoms with Crippen LogP contribution in [-0.4, -0.2) is 67.6 Å². The van der Waals surface area contributed by atoms with Gasteiger partial charge in [-0.15, -0.1) is 0 Å². The lowest BCUT2D eigenvalue weighted by Crippen LogP contribution is -2.58. The third-order valence-electron chi connectivity index (χ3n) is 9.32. The Bertz CT molecular complexity index is 1270. The van der Waals surface area contributed by atoms with Gasteiger partial charge < -0.3 is 20.7 Å². The van der Waals surface area contributed by atoms with E-state index < -0.39 is 11.5 Å². The predicted molar refractivity (Wildman–Crippen MR) is 169 cm³/mol. The summed E-state index contributed by atoms with van der Waals surface area (Å²) < 4.78 is 5.61. The fourth-order valence-corrected chi connectivity index (χ4v) is 6.55.